The van der Waals surface area contributed by atoms with E-state index in [1.165, 1.54) is 5.69 Å². The third-order valence-electron chi connectivity index (χ3n) is 4.06. The van der Waals surface area contributed by atoms with E-state index >= 15 is 0 Å². The van der Waals surface area contributed by atoms with Gasteiger partial charge < -0.3 is 10.3 Å². The molecule has 2 N–H and O–H groups in total. The lowest BCUT2D eigenvalue weighted by atomic mass is 10.1. The molecule has 0 spiro atoms. The van der Waals surface area contributed by atoms with Crippen LogP contribution >= 0.6 is 0 Å². The molecule has 1 saturated heterocycles. The summed E-state index contributed by atoms with van der Waals surface area (Å²) < 4.78 is 2.08. The molecule has 0 amide bonds. The van der Waals surface area contributed by atoms with E-state index in [0.717, 1.165) is 26.2 Å². The molecule has 2 atom stereocenters. The molecule has 5 heteroatoms. The molecule has 2 heterocycles. The molecule has 0 aromatic carbocycles. The molecular formula is C13H25N5. The Morgan fingerprint density at radius 2 is 2.28 bits per heavy atom. The highest BCUT2D eigenvalue weighted by Crippen LogP contribution is 2.22. The van der Waals surface area contributed by atoms with Gasteiger partial charge in [-0.2, -0.15) is 0 Å². The van der Waals surface area contributed by atoms with Crippen molar-refractivity contribution in [1.29, 1.82) is 0 Å². The van der Waals surface area contributed by atoms with Gasteiger partial charge >= 0.3 is 0 Å². The zero-order valence-electron chi connectivity index (χ0n) is 11.7. The molecule has 102 valence electrons. The summed E-state index contributed by atoms with van der Waals surface area (Å²) in [6, 6.07) is 0.894. The molecule has 1 aliphatic rings. The molecule has 2 rings (SSSR count). The van der Waals surface area contributed by atoms with E-state index in [1.807, 2.05) is 19.6 Å². The fourth-order valence-corrected chi connectivity index (χ4v) is 2.92. The maximum absolute atomic E-state index is 5.98. The Hall–Kier alpha value is -0.910. The number of aryl methyl sites for hydroxylation is 1. The molecular weight excluding hydrogens is 226 g/mol. The number of likely N-dealkylation sites (N-methyl/N-ethyl adjacent to an activating group) is 1. The van der Waals surface area contributed by atoms with Crippen molar-refractivity contribution in [3.63, 3.8) is 0 Å². The number of aromatic nitrogens is 2. The molecule has 18 heavy (non-hydrogen) atoms. The van der Waals surface area contributed by atoms with E-state index < -0.39 is 0 Å². The minimum absolute atomic E-state index is 0.291. The van der Waals surface area contributed by atoms with Crippen molar-refractivity contribution < 1.29 is 0 Å². The van der Waals surface area contributed by atoms with Gasteiger partial charge in [0, 0.05) is 45.5 Å². The normalized spacial score (nSPS) is 24.3. The molecule has 1 fully saturated rings. The van der Waals surface area contributed by atoms with Crippen LogP contribution in [0.1, 0.15) is 25.6 Å². The van der Waals surface area contributed by atoms with Gasteiger partial charge in [0.25, 0.3) is 0 Å². The highest BCUT2D eigenvalue weighted by Gasteiger charge is 2.28. The van der Waals surface area contributed by atoms with Crippen LogP contribution in [0.4, 0.5) is 0 Å². The minimum Gasteiger partial charge on any atom is -0.336 e. The summed E-state index contributed by atoms with van der Waals surface area (Å²) >= 11 is 0. The van der Waals surface area contributed by atoms with Crippen molar-refractivity contribution >= 4 is 0 Å². The summed E-state index contributed by atoms with van der Waals surface area (Å²) in [6.07, 6.45) is 3.79. The average Bonchev–Trinajstić information content (AvgIpc) is 2.77. The Morgan fingerprint density at radius 3 is 2.78 bits per heavy atom. The molecule has 0 aliphatic carbocycles. The van der Waals surface area contributed by atoms with Gasteiger partial charge in [0.15, 0.2) is 0 Å². The first-order chi connectivity index (χ1) is 8.67. The second-order valence-corrected chi connectivity index (χ2v) is 5.15. The third-order valence-corrected chi connectivity index (χ3v) is 4.06. The monoisotopic (exact) mass is 251 g/mol. The summed E-state index contributed by atoms with van der Waals surface area (Å²) in [4.78, 5) is 9.22. The zero-order valence-corrected chi connectivity index (χ0v) is 11.7. The number of hydrogen-bond acceptors (Lipinski definition) is 4. The molecule has 1 aromatic heterocycles. The number of nitrogens with two attached hydrogens (primary N) is 1. The Balaban J connectivity index is 2.08. The van der Waals surface area contributed by atoms with Crippen LogP contribution in [0.5, 0.6) is 0 Å². The molecule has 0 bridgehead atoms. The number of hydrogen-bond donors (Lipinski definition) is 1. The molecule has 1 aliphatic heterocycles. The quantitative estimate of drug-likeness (QED) is 0.844. The number of rotatable bonds is 4. The first-order valence-corrected chi connectivity index (χ1v) is 6.81. The van der Waals surface area contributed by atoms with Gasteiger partial charge in [-0.15, -0.1) is 0 Å². The van der Waals surface area contributed by atoms with Gasteiger partial charge in [-0.25, -0.2) is 4.98 Å². The van der Waals surface area contributed by atoms with Gasteiger partial charge in [0.05, 0.1) is 18.1 Å². The van der Waals surface area contributed by atoms with E-state index in [2.05, 4.69) is 33.2 Å². The smallest absolute Gasteiger partial charge is 0.0946 e. The Morgan fingerprint density at radius 1 is 1.50 bits per heavy atom. The lowest BCUT2D eigenvalue weighted by molar-refractivity contribution is 0.0586. The topological polar surface area (TPSA) is 50.3 Å². The zero-order chi connectivity index (χ0) is 13.1. The molecule has 0 radical (unpaired) electrons. The van der Waals surface area contributed by atoms with E-state index in [9.17, 15) is 0 Å². The van der Waals surface area contributed by atoms with Crippen LogP contribution < -0.4 is 5.73 Å². The van der Waals surface area contributed by atoms with Crippen molar-refractivity contribution in [1.82, 2.24) is 19.4 Å². The summed E-state index contributed by atoms with van der Waals surface area (Å²) in [5, 5.41) is 0. The van der Waals surface area contributed by atoms with Crippen molar-refractivity contribution in [2.24, 2.45) is 12.8 Å². The van der Waals surface area contributed by atoms with Gasteiger partial charge in [-0.1, -0.05) is 6.92 Å². The van der Waals surface area contributed by atoms with Crippen molar-refractivity contribution in [2.45, 2.75) is 25.9 Å². The van der Waals surface area contributed by atoms with E-state index in [-0.39, 0.29) is 0 Å². The Bertz CT molecular complexity index is 375. The molecule has 2 unspecified atom stereocenters. The van der Waals surface area contributed by atoms with Crippen LogP contribution in [0.3, 0.4) is 0 Å². The van der Waals surface area contributed by atoms with Gasteiger partial charge in [-0.3, -0.25) is 9.80 Å². The SMILES string of the molecule is CCN1CCN(C(CN)c2cncn2C)CC1C. The minimum atomic E-state index is 0.291. The number of imidazole rings is 1. The average molecular weight is 251 g/mol. The largest absolute Gasteiger partial charge is 0.336 e. The van der Waals surface area contributed by atoms with Crippen LogP contribution in [-0.4, -0.2) is 58.1 Å². The first-order valence-electron chi connectivity index (χ1n) is 6.81. The van der Waals surface area contributed by atoms with Crippen molar-refractivity contribution in [2.75, 3.05) is 32.7 Å². The van der Waals surface area contributed by atoms with Crippen LogP contribution in [0, 0.1) is 0 Å². The van der Waals surface area contributed by atoms with Crippen molar-refractivity contribution in [3.05, 3.63) is 18.2 Å². The fraction of sp³-hybridized carbons (Fsp3) is 0.769. The predicted octanol–water partition coefficient (Wildman–Crippen LogP) is 0.446. The fourth-order valence-electron chi connectivity index (χ4n) is 2.92. The number of piperazine rings is 1. The second-order valence-electron chi connectivity index (χ2n) is 5.15. The predicted molar refractivity (Wildman–Crippen MR) is 73.3 cm³/mol. The Labute approximate surface area is 110 Å². The highest BCUT2D eigenvalue weighted by atomic mass is 15.3. The second kappa shape index (κ2) is 5.82. The summed E-state index contributed by atoms with van der Waals surface area (Å²) in [5.41, 5.74) is 7.20. The lowest BCUT2D eigenvalue weighted by Crippen LogP contribution is -2.53. The summed E-state index contributed by atoms with van der Waals surface area (Å²) in [7, 11) is 2.04. The van der Waals surface area contributed by atoms with Gasteiger partial charge in [0.2, 0.25) is 0 Å². The van der Waals surface area contributed by atoms with Gasteiger partial charge in [0.1, 0.15) is 0 Å². The van der Waals surface area contributed by atoms with Crippen LogP contribution in [0.15, 0.2) is 12.5 Å². The van der Waals surface area contributed by atoms with Crippen molar-refractivity contribution in [3.8, 4) is 0 Å². The third kappa shape index (κ3) is 2.58. The molecule has 0 saturated carbocycles. The van der Waals surface area contributed by atoms with E-state index in [1.54, 1.807) is 0 Å². The van der Waals surface area contributed by atoms with E-state index in [0.29, 0.717) is 18.6 Å². The first kappa shape index (κ1) is 13.5. The van der Waals surface area contributed by atoms with E-state index in [4.69, 9.17) is 5.73 Å². The highest BCUT2D eigenvalue weighted by molar-refractivity contribution is 5.07. The van der Waals surface area contributed by atoms with Crippen LogP contribution in [0.25, 0.3) is 0 Å². The molecule has 1 aromatic rings. The lowest BCUT2D eigenvalue weighted by Gasteiger charge is -2.42. The summed E-state index contributed by atoms with van der Waals surface area (Å²) in [5.74, 6) is 0. The maximum Gasteiger partial charge on any atom is 0.0946 e. The van der Waals surface area contributed by atoms with Crippen LogP contribution in [-0.2, 0) is 7.05 Å². The maximum atomic E-state index is 5.98. The Kier molecular flexibility index (Phi) is 4.37. The standard InChI is InChI=1S/C13H25N5/c1-4-17-5-6-18(9-11(17)2)12(7-14)13-8-15-10-16(13)3/h8,10-12H,4-7,9,14H2,1-3H3. The summed E-state index contributed by atoms with van der Waals surface area (Å²) in [6.45, 7) is 9.62. The van der Waals surface area contributed by atoms with Crippen LogP contribution in [0.2, 0.25) is 0 Å². The number of nitrogens with zero attached hydrogens (tertiary/aromatic N) is 4. The van der Waals surface area contributed by atoms with Gasteiger partial charge in [-0.05, 0) is 13.5 Å². The molecule has 5 nitrogen and oxygen atoms in total.